The molecule has 0 radical (unpaired) electrons. The first-order valence-corrected chi connectivity index (χ1v) is 6.46. The predicted molar refractivity (Wildman–Crippen MR) is 64.3 cm³/mol. The Morgan fingerprint density at radius 3 is 2.38 bits per heavy atom. The van der Waals surface area contributed by atoms with E-state index in [-0.39, 0.29) is 11.1 Å². The fourth-order valence-electron chi connectivity index (χ4n) is 2.97. The lowest BCUT2D eigenvalue weighted by Crippen LogP contribution is -2.64. The second-order valence-electron chi connectivity index (χ2n) is 6.23. The molecule has 94 valence electrons. The van der Waals surface area contributed by atoms with Crippen molar-refractivity contribution in [2.75, 3.05) is 19.8 Å². The van der Waals surface area contributed by atoms with Crippen LogP contribution in [0, 0.1) is 11.3 Å². The summed E-state index contributed by atoms with van der Waals surface area (Å²) in [7, 11) is 0. The summed E-state index contributed by atoms with van der Waals surface area (Å²) in [5, 5.41) is 3.61. The molecule has 2 fully saturated rings. The van der Waals surface area contributed by atoms with E-state index in [4.69, 9.17) is 9.47 Å². The molecular formula is C13H25NO2. The van der Waals surface area contributed by atoms with Crippen molar-refractivity contribution in [3.8, 4) is 0 Å². The van der Waals surface area contributed by atoms with Crippen molar-refractivity contribution < 1.29 is 9.47 Å². The Hall–Kier alpha value is -0.120. The van der Waals surface area contributed by atoms with Crippen molar-refractivity contribution in [2.45, 2.75) is 52.4 Å². The van der Waals surface area contributed by atoms with E-state index >= 15 is 0 Å². The zero-order valence-electron chi connectivity index (χ0n) is 11.0. The van der Waals surface area contributed by atoms with Gasteiger partial charge in [0.05, 0.1) is 19.3 Å². The molecule has 0 bridgehead atoms. The van der Waals surface area contributed by atoms with Gasteiger partial charge in [-0.15, -0.1) is 0 Å². The molecule has 0 amide bonds. The van der Waals surface area contributed by atoms with Crippen LogP contribution in [0.3, 0.4) is 0 Å². The predicted octanol–water partition coefficient (Wildman–Crippen LogP) is 2.16. The highest BCUT2D eigenvalue weighted by molar-refractivity contribution is 4.95. The van der Waals surface area contributed by atoms with Crippen LogP contribution in [0.4, 0.5) is 0 Å². The zero-order chi connectivity index (χ0) is 11.8. The summed E-state index contributed by atoms with van der Waals surface area (Å²) in [5.41, 5.74) is 0.112. The lowest BCUT2D eigenvalue weighted by molar-refractivity contribution is -0.229. The molecule has 2 rings (SSSR count). The maximum atomic E-state index is 6.40. The SMILES string of the molecule is CC(C)C1OC2(CCOCC2)NCC1(C)C. The topological polar surface area (TPSA) is 30.5 Å². The zero-order valence-corrected chi connectivity index (χ0v) is 11.0. The second kappa shape index (κ2) is 4.28. The van der Waals surface area contributed by atoms with Crippen LogP contribution in [0.15, 0.2) is 0 Å². The molecule has 2 aliphatic rings. The molecule has 0 aromatic carbocycles. The van der Waals surface area contributed by atoms with Gasteiger partial charge in [-0.1, -0.05) is 27.7 Å². The molecule has 2 aliphatic heterocycles. The molecule has 3 heteroatoms. The van der Waals surface area contributed by atoms with Gasteiger partial charge in [0.15, 0.2) is 0 Å². The van der Waals surface area contributed by atoms with Crippen LogP contribution in [0.2, 0.25) is 0 Å². The van der Waals surface area contributed by atoms with E-state index in [9.17, 15) is 0 Å². The third kappa shape index (κ3) is 2.27. The van der Waals surface area contributed by atoms with Gasteiger partial charge < -0.3 is 9.47 Å². The summed E-state index contributed by atoms with van der Waals surface area (Å²) in [6.45, 7) is 11.8. The molecule has 0 aromatic rings. The van der Waals surface area contributed by atoms with Gasteiger partial charge in [-0.2, -0.15) is 0 Å². The molecule has 0 saturated carbocycles. The molecule has 0 aromatic heterocycles. The summed E-state index contributed by atoms with van der Waals surface area (Å²) < 4.78 is 11.8. The Bertz CT molecular complexity index is 244. The van der Waals surface area contributed by atoms with Crippen LogP contribution in [-0.2, 0) is 9.47 Å². The fourth-order valence-corrected chi connectivity index (χ4v) is 2.97. The van der Waals surface area contributed by atoms with Crippen LogP contribution in [0.25, 0.3) is 0 Å². The normalized spacial score (nSPS) is 33.2. The van der Waals surface area contributed by atoms with Gasteiger partial charge in [-0.05, 0) is 5.92 Å². The third-order valence-electron chi connectivity index (χ3n) is 3.89. The minimum absolute atomic E-state index is 0.108. The Kier molecular flexibility index (Phi) is 3.30. The van der Waals surface area contributed by atoms with Crippen molar-refractivity contribution >= 4 is 0 Å². The van der Waals surface area contributed by atoms with Crippen molar-refractivity contribution in [3.05, 3.63) is 0 Å². The van der Waals surface area contributed by atoms with E-state index < -0.39 is 0 Å². The molecule has 1 spiro atoms. The molecule has 1 N–H and O–H groups in total. The average Bonchev–Trinajstić information content (AvgIpc) is 2.23. The molecule has 16 heavy (non-hydrogen) atoms. The maximum Gasteiger partial charge on any atom is 0.124 e. The molecule has 1 unspecified atom stereocenters. The van der Waals surface area contributed by atoms with Gasteiger partial charge in [0.1, 0.15) is 5.72 Å². The van der Waals surface area contributed by atoms with Crippen LogP contribution in [0.5, 0.6) is 0 Å². The van der Waals surface area contributed by atoms with Crippen LogP contribution >= 0.6 is 0 Å². The van der Waals surface area contributed by atoms with Crippen LogP contribution in [-0.4, -0.2) is 31.6 Å². The Morgan fingerprint density at radius 2 is 1.81 bits per heavy atom. The van der Waals surface area contributed by atoms with Crippen LogP contribution < -0.4 is 5.32 Å². The average molecular weight is 227 g/mol. The fraction of sp³-hybridized carbons (Fsp3) is 1.00. The Morgan fingerprint density at radius 1 is 1.19 bits per heavy atom. The smallest absolute Gasteiger partial charge is 0.124 e. The largest absolute Gasteiger partial charge is 0.381 e. The molecule has 2 heterocycles. The quantitative estimate of drug-likeness (QED) is 0.744. The summed E-state index contributed by atoms with van der Waals surface area (Å²) in [4.78, 5) is 0. The molecule has 2 saturated heterocycles. The number of nitrogens with one attached hydrogen (secondary N) is 1. The van der Waals surface area contributed by atoms with E-state index in [0.717, 1.165) is 32.6 Å². The molecule has 0 aliphatic carbocycles. The van der Waals surface area contributed by atoms with Gasteiger partial charge in [0, 0.05) is 24.8 Å². The van der Waals surface area contributed by atoms with E-state index in [1.165, 1.54) is 0 Å². The number of ether oxygens (including phenoxy) is 2. The lowest BCUT2D eigenvalue weighted by Gasteiger charge is -2.52. The summed E-state index contributed by atoms with van der Waals surface area (Å²) in [5.74, 6) is 0.566. The number of hydrogen-bond acceptors (Lipinski definition) is 3. The highest BCUT2D eigenvalue weighted by Gasteiger charge is 2.46. The Labute approximate surface area is 98.9 Å². The van der Waals surface area contributed by atoms with E-state index in [2.05, 4.69) is 33.0 Å². The van der Waals surface area contributed by atoms with Crippen LogP contribution in [0.1, 0.15) is 40.5 Å². The minimum atomic E-state index is -0.108. The second-order valence-corrected chi connectivity index (χ2v) is 6.23. The van der Waals surface area contributed by atoms with E-state index in [1.807, 2.05) is 0 Å². The standard InChI is InChI=1S/C13H25NO2/c1-10(2)11-12(3,4)9-14-13(16-11)5-7-15-8-6-13/h10-11,14H,5-9H2,1-4H3. The first-order valence-electron chi connectivity index (χ1n) is 6.46. The highest BCUT2D eigenvalue weighted by Crippen LogP contribution is 2.38. The third-order valence-corrected chi connectivity index (χ3v) is 3.89. The summed E-state index contributed by atoms with van der Waals surface area (Å²) in [6.07, 6.45) is 2.30. The minimum Gasteiger partial charge on any atom is -0.381 e. The summed E-state index contributed by atoms with van der Waals surface area (Å²) >= 11 is 0. The van der Waals surface area contributed by atoms with Crippen molar-refractivity contribution in [1.29, 1.82) is 0 Å². The molecule has 3 nitrogen and oxygen atoms in total. The van der Waals surface area contributed by atoms with Gasteiger partial charge in [-0.25, -0.2) is 0 Å². The van der Waals surface area contributed by atoms with E-state index in [0.29, 0.717) is 12.0 Å². The van der Waals surface area contributed by atoms with Gasteiger partial charge >= 0.3 is 0 Å². The van der Waals surface area contributed by atoms with Gasteiger partial charge in [-0.3, -0.25) is 5.32 Å². The summed E-state index contributed by atoms with van der Waals surface area (Å²) in [6, 6.07) is 0. The first kappa shape index (κ1) is 12.3. The lowest BCUT2D eigenvalue weighted by atomic mass is 9.78. The number of hydrogen-bond donors (Lipinski definition) is 1. The Balaban J connectivity index is 2.10. The van der Waals surface area contributed by atoms with Gasteiger partial charge in [0.2, 0.25) is 0 Å². The van der Waals surface area contributed by atoms with E-state index in [1.54, 1.807) is 0 Å². The number of rotatable bonds is 1. The highest BCUT2D eigenvalue weighted by atomic mass is 16.5. The maximum absolute atomic E-state index is 6.40. The van der Waals surface area contributed by atoms with Crippen molar-refractivity contribution in [2.24, 2.45) is 11.3 Å². The molecular weight excluding hydrogens is 202 g/mol. The van der Waals surface area contributed by atoms with Crippen molar-refractivity contribution in [1.82, 2.24) is 5.32 Å². The van der Waals surface area contributed by atoms with Gasteiger partial charge in [0.25, 0.3) is 0 Å². The van der Waals surface area contributed by atoms with Crippen molar-refractivity contribution in [3.63, 3.8) is 0 Å². The molecule has 1 atom stereocenters. The first-order chi connectivity index (χ1) is 7.45. The monoisotopic (exact) mass is 227 g/mol.